The van der Waals surface area contributed by atoms with Gasteiger partial charge in [-0.3, -0.25) is 5.41 Å². The summed E-state index contributed by atoms with van der Waals surface area (Å²) in [6.07, 6.45) is 3.86. The zero-order valence-corrected chi connectivity index (χ0v) is 10.8. The van der Waals surface area contributed by atoms with Crippen molar-refractivity contribution in [2.45, 2.75) is 6.61 Å². The van der Waals surface area contributed by atoms with Crippen LogP contribution in [0, 0.1) is 5.41 Å². The maximum Gasteiger partial charge on any atom is 0.137 e. The second kappa shape index (κ2) is 5.05. The first-order chi connectivity index (χ1) is 9.74. The summed E-state index contributed by atoms with van der Waals surface area (Å²) in [6, 6.07) is 13.1. The first kappa shape index (κ1) is 12.2. The maximum absolute atomic E-state index is 7.53. The maximum atomic E-state index is 7.53. The molecule has 0 aliphatic carbocycles. The number of imidazole rings is 1. The highest BCUT2D eigenvalue weighted by Crippen LogP contribution is 2.18. The van der Waals surface area contributed by atoms with Gasteiger partial charge in [-0.05, 0) is 24.3 Å². The molecule has 100 valence electrons. The van der Waals surface area contributed by atoms with Gasteiger partial charge < -0.3 is 14.9 Å². The molecule has 0 unspecified atom stereocenters. The number of ether oxygens (including phenoxy) is 1. The first-order valence-corrected chi connectivity index (χ1v) is 6.23. The number of benzene rings is 1. The highest BCUT2D eigenvalue weighted by molar-refractivity contribution is 5.97. The van der Waals surface area contributed by atoms with Gasteiger partial charge in [0, 0.05) is 12.4 Å². The van der Waals surface area contributed by atoms with Gasteiger partial charge in [-0.2, -0.15) is 0 Å². The van der Waals surface area contributed by atoms with Crippen molar-refractivity contribution in [1.82, 2.24) is 9.38 Å². The van der Waals surface area contributed by atoms with E-state index in [9.17, 15) is 0 Å². The lowest BCUT2D eigenvalue weighted by Gasteiger charge is -2.08. The first-order valence-electron chi connectivity index (χ1n) is 6.23. The fourth-order valence-corrected chi connectivity index (χ4v) is 2.02. The van der Waals surface area contributed by atoms with Gasteiger partial charge in [0.2, 0.25) is 0 Å². The fourth-order valence-electron chi connectivity index (χ4n) is 2.02. The Labute approximate surface area is 116 Å². The molecular weight excluding hydrogens is 252 g/mol. The summed E-state index contributed by atoms with van der Waals surface area (Å²) < 4.78 is 7.66. The number of aromatic nitrogens is 2. The van der Waals surface area contributed by atoms with E-state index in [0.29, 0.717) is 17.9 Å². The lowest BCUT2D eigenvalue weighted by Crippen LogP contribution is -2.13. The zero-order valence-electron chi connectivity index (χ0n) is 10.8. The number of pyridine rings is 1. The molecule has 3 N–H and O–H groups in total. The molecule has 0 spiro atoms. The fraction of sp³-hybridized carbons (Fsp3) is 0.0667. The standard InChI is InChI=1S/C15H14N4O/c16-15(17)12-5-1-2-6-13(12)20-10-11-9-19-8-4-3-7-14(19)18-11/h1-9H,10H2,(H3,16,17). The van der Waals surface area contributed by atoms with E-state index in [1.54, 1.807) is 12.1 Å². The number of nitrogens with two attached hydrogens (primary N) is 1. The third kappa shape index (κ3) is 2.33. The number of hydrogen-bond donors (Lipinski definition) is 2. The van der Waals surface area contributed by atoms with Crippen LogP contribution in [0.4, 0.5) is 0 Å². The number of rotatable bonds is 4. The number of nitrogens with one attached hydrogen (secondary N) is 1. The van der Waals surface area contributed by atoms with E-state index in [2.05, 4.69) is 4.98 Å². The summed E-state index contributed by atoms with van der Waals surface area (Å²) in [5.41, 5.74) is 7.83. The molecule has 5 nitrogen and oxygen atoms in total. The van der Waals surface area contributed by atoms with E-state index < -0.39 is 0 Å². The minimum atomic E-state index is -0.00407. The Kier molecular flexibility index (Phi) is 3.09. The third-order valence-corrected chi connectivity index (χ3v) is 2.97. The molecule has 0 aliphatic rings. The summed E-state index contributed by atoms with van der Waals surface area (Å²) >= 11 is 0. The molecule has 0 amide bonds. The number of nitrogen functional groups attached to an aromatic ring is 1. The number of amidine groups is 1. The molecule has 0 aliphatic heterocycles. The van der Waals surface area contributed by atoms with Crippen molar-refractivity contribution >= 4 is 11.5 Å². The van der Waals surface area contributed by atoms with E-state index in [0.717, 1.165) is 11.3 Å². The molecule has 0 radical (unpaired) electrons. The lowest BCUT2D eigenvalue weighted by atomic mass is 10.2. The van der Waals surface area contributed by atoms with Crippen LogP contribution in [0.1, 0.15) is 11.3 Å². The van der Waals surface area contributed by atoms with Crippen molar-refractivity contribution in [2.75, 3.05) is 0 Å². The average molecular weight is 266 g/mol. The van der Waals surface area contributed by atoms with Crippen LogP contribution in [0.15, 0.2) is 54.9 Å². The van der Waals surface area contributed by atoms with E-state index in [-0.39, 0.29) is 5.84 Å². The number of nitrogens with zero attached hydrogens (tertiary/aromatic N) is 2. The van der Waals surface area contributed by atoms with Gasteiger partial charge in [-0.1, -0.05) is 18.2 Å². The van der Waals surface area contributed by atoms with Crippen LogP contribution in [0.25, 0.3) is 5.65 Å². The lowest BCUT2D eigenvalue weighted by molar-refractivity contribution is 0.301. The number of hydrogen-bond acceptors (Lipinski definition) is 3. The Morgan fingerprint density at radius 1 is 1.20 bits per heavy atom. The van der Waals surface area contributed by atoms with E-state index in [4.69, 9.17) is 15.9 Å². The molecular formula is C15H14N4O. The Balaban J connectivity index is 1.81. The topological polar surface area (TPSA) is 76.4 Å². The van der Waals surface area contributed by atoms with Gasteiger partial charge in [0.05, 0.1) is 11.3 Å². The highest BCUT2D eigenvalue weighted by atomic mass is 16.5. The summed E-state index contributed by atoms with van der Waals surface area (Å²) in [4.78, 5) is 4.46. The van der Waals surface area contributed by atoms with Crippen LogP contribution in [0.2, 0.25) is 0 Å². The van der Waals surface area contributed by atoms with Crippen LogP contribution < -0.4 is 10.5 Å². The largest absolute Gasteiger partial charge is 0.486 e. The van der Waals surface area contributed by atoms with Gasteiger partial charge in [-0.15, -0.1) is 0 Å². The van der Waals surface area contributed by atoms with Crippen molar-refractivity contribution in [3.05, 3.63) is 66.1 Å². The molecule has 3 aromatic rings. The van der Waals surface area contributed by atoms with Gasteiger partial charge in [0.25, 0.3) is 0 Å². The molecule has 2 heterocycles. The van der Waals surface area contributed by atoms with E-state index >= 15 is 0 Å². The molecule has 0 saturated carbocycles. The van der Waals surface area contributed by atoms with Crippen molar-refractivity contribution in [3.63, 3.8) is 0 Å². The molecule has 0 atom stereocenters. The average Bonchev–Trinajstić information content (AvgIpc) is 2.88. The minimum absolute atomic E-state index is 0.00407. The molecule has 0 saturated heterocycles. The van der Waals surface area contributed by atoms with Gasteiger partial charge in [-0.25, -0.2) is 4.98 Å². The Bertz CT molecular complexity index is 730. The Hall–Kier alpha value is -2.82. The predicted octanol–water partition coefficient (Wildman–Crippen LogP) is 2.20. The second-order valence-electron chi connectivity index (χ2n) is 4.40. The molecule has 5 heteroatoms. The van der Waals surface area contributed by atoms with Crippen molar-refractivity contribution in [3.8, 4) is 5.75 Å². The predicted molar refractivity (Wildman–Crippen MR) is 77.0 cm³/mol. The molecule has 1 aromatic carbocycles. The SMILES string of the molecule is N=C(N)c1ccccc1OCc1cn2ccccc2n1. The van der Waals surface area contributed by atoms with Gasteiger partial charge in [0.1, 0.15) is 23.8 Å². The monoisotopic (exact) mass is 266 g/mol. The van der Waals surface area contributed by atoms with Crippen LogP contribution >= 0.6 is 0 Å². The summed E-state index contributed by atoms with van der Waals surface area (Å²) in [5, 5.41) is 7.53. The Morgan fingerprint density at radius 2 is 2.00 bits per heavy atom. The number of para-hydroxylation sites is 1. The molecule has 3 rings (SSSR count). The molecule has 0 fully saturated rings. The van der Waals surface area contributed by atoms with E-state index in [1.165, 1.54) is 0 Å². The van der Waals surface area contributed by atoms with Crippen LogP contribution in [-0.2, 0) is 6.61 Å². The summed E-state index contributed by atoms with van der Waals surface area (Å²) in [6.45, 7) is 0.339. The number of fused-ring (bicyclic) bond motifs is 1. The highest BCUT2D eigenvalue weighted by Gasteiger charge is 2.07. The minimum Gasteiger partial charge on any atom is -0.486 e. The van der Waals surface area contributed by atoms with Crippen LogP contribution in [-0.4, -0.2) is 15.2 Å². The van der Waals surface area contributed by atoms with Crippen molar-refractivity contribution in [2.24, 2.45) is 5.73 Å². The third-order valence-electron chi connectivity index (χ3n) is 2.97. The van der Waals surface area contributed by atoms with Gasteiger partial charge >= 0.3 is 0 Å². The smallest absolute Gasteiger partial charge is 0.137 e. The van der Waals surface area contributed by atoms with E-state index in [1.807, 2.05) is 47.1 Å². The quantitative estimate of drug-likeness (QED) is 0.561. The van der Waals surface area contributed by atoms with Crippen LogP contribution in [0.5, 0.6) is 5.75 Å². The van der Waals surface area contributed by atoms with Crippen molar-refractivity contribution < 1.29 is 4.74 Å². The molecule has 0 bridgehead atoms. The Morgan fingerprint density at radius 3 is 2.80 bits per heavy atom. The second-order valence-corrected chi connectivity index (χ2v) is 4.40. The summed E-state index contributed by atoms with van der Waals surface area (Å²) in [7, 11) is 0. The van der Waals surface area contributed by atoms with Crippen molar-refractivity contribution in [1.29, 1.82) is 5.41 Å². The van der Waals surface area contributed by atoms with Gasteiger partial charge in [0.15, 0.2) is 0 Å². The molecule has 2 aromatic heterocycles. The summed E-state index contributed by atoms with van der Waals surface area (Å²) in [5.74, 6) is 0.590. The van der Waals surface area contributed by atoms with Crippen LogP contribution in [0.3, 0.4) is 0 Å². The zero-order chi connectivity index (χ0) is 13.9. The molecule has 20 heavy (non-hydrogen) atoms. The normalized spacial score (nSPS) is 10.6.